The molecule has 2 heterocycles. The quantitative estimate of drug-likeness (QED) is 0.882. The molecular weight excluding hydrogens is 316 g/mol. The highest BCUT2D eigenvalue weighted by molar-refractivity contribution is 9.10. The van der Waals surface area contributed by atoms with Gasteiger partial charge in [-0.2, -0.15) is 0 Å². The summed E-state index contributed by atoms with van der Waals surface area (Å²) < 4.78 is 1.14. The lowest BCUT2D eigenvalue weighted by Crippen LogP contribution is -2.50. The van der Waals surface area contributed by atoms with Crippen LogP contribution in [-0.4, -0.2) is 57.3 Å². The molecule has 0 aromatic heterocycles. The van der Waals surface area contributed by atoms with Crippen LogP contribution in [0, 0.1) is 0 Å². The summed E-state index contributed by atoms with van der Waals surface area (Å²) in [5.41, 5.74) is 2.59. The molecule has 1 aromatic carbocycles. The van der Waals surface area contributed by atoms with E-state index in [1.54, 1.807) is 0 Å². The number of fused-ring (bicyclic) bond motifs is 1. The first-order valence-corrected chi connectivity index (χ1v) is 8.22. The number of hydrogen-bond acceptors (Lipinski definition) is 4. The molecule has 1 atom stereocenters. The lowest BCUT2D eigenvalue weighted by molar-refractivity contribution is 0.233. The van der Waals surface area contributed by atoms with Gasteiger partial charge in [0.15, 0.2) is 0 Å². The first-order valence-electron chi connectivity index (χ1n) is 7.43. The lowest BCUT2D eigenvalue weighted by Gasteiger charge is -2.35. The number of anilines is 2. The SMILES string of the molecule is CN1CCNC(CCN2CCNc3cc(Br)ccc32)C1. The second kappa shape index (κ2) is 6.33. The van der Waals surface area contributed by atoms with Crippen LogP contribution in [0.1, 0.15) is 6.42 Å². The monoisotopic (exact) mass is 338 g/mol. The fourth-order valence-corrected chi connectivity index (χ4v) is 3.46. The highest BCUT2D eigenvalue weighted by atomic mass is 79.9. The van der Waals surface area contributed by atoms with Gasteiger partial charge in [0.1, 0.15) is 0 Å². The molecule has 3 rings (SSSR count). The van der Waals surface area contributed by atoms with Crippen molar-refractivity contribution in [3.63, 3.8) is 0 Å². The summed E-state index contributed by atoms with van der Waals surface area (Å²) in [7, 11) is 2.21. The minimum atomic E-state index is 0.627. The Morgan fingerprint density at radius 3 is 3.05 bits per heavy atom. The standard InChI is InChI=1S/C15H23BrN4/c1-19-8-5-17-13(11-19)4-7-20-9-6-18-14-10-12(16)2-3-15(14)20/h2-3,10,13,17-18H,4-9,11H2,1H3. The van der Waals surface area contributed by atoms with E-state index < -0.39 is 0 Å². The van der Waals surface area contributed by atoms with E-state index in [1.807, 2.05) is 0 Å². The molecule has 1 fully saturated rings. The van der Waals surface area contributed by atoms with Crippen LogP contribution in [0.3, 0.4) is 0 Å². The Hall–Kier alpha value is -0.780. The number of nitrogens with zero attached hydrogens (tertiary/aromatic N) is 2. The summed E-state index contributed by atoms with van der Waals surface area (Å²) in [6.45, 7) is 6.70. The fraction of sp³-hybridized carbons (Fsp3) is 0.600. The minimum absolute atomic E-state index is 0.627. The maximum atomic E-state index is 3.63. The largest absolute Gasteiger partial charge is 0.382 e. The van der Waals surface area contributed by atoms with Gasteiger partial charge in [0.2, 0.25) is 0 Å². The molecular formula is C15H23BrN4. The first-order chi connectivity index (χ1) is 9.72. The van der Waals surface area contributed by atoms with Gasteiger partial charge in [-0.05, 0) is 31.7 Å². The highest BCUT2D eigenvalue weighted by Gasteiger charge is 2.20. The van der Waals surface area contributed by atoms with Crippen LogP contribution >= 0.6 is 15.9 Å². The van der Waals surface area contributed by atoms with Crippen molar-refractivity contribution in [2.45, 2.75) is 12.5 Å². The normalized spacial score (nSPS) is 23.3. The molecule has 0 spiro atoms. The molecule has 1 unspecified atom stereocenters. The molecule has 0 radical (unpaired) electrons. The van der Waals surface area contributed by atoms with Crippen LogP contribution in [0.4, 0.5) is 11.4 Å². The van der Waals surface area contributed by atoms with E-state index in [0.29, 0.717) is 6.04 Å². The second-order valence-electron chi connectivity index (χ2n) is 5.78. The predicted molar refractivity (Wildman–Crippen MR) is 88.7 cm³/mol. The van der Waals surface area contributed by atoms with Gasteiger partial charge in [-0.15, -0.1) is 0 Å². The van der Waals surface area contributed by atoms with Crippen molar-refractivity contribution in [1.82, 2.24) is 10.2 Å². The summed E-state index contributed by atoms with van der Waals surface area (Å²) in [5, 5.41) is 7.11. The van der Waals surface area contributed by atoms with E-state index in [-0.39, 0.29) is 0 Å². The van der Waals surface area contributed by atoms with E-state index in [2.05, 4.69) is 61.6 Å². The number of benzene rings is 1. The van der Waals surface area contributed by atoms with Crippen molar-refractivity contribution >= 4 is 27.3 Å². The van der Waals surface area contributed by atoms with Crippen LogP contribution in [0.2, 0.25) is 0 Å². The van der Waals surface area contributed by atoms with Gasteiger partial charge in [0.05, 0.1) is 11.4 Å². The molecule has 1 aromatic rings. The number of likely N-dealkylation sites (N-methyl/N-ethyl adjacent to an activating group) is 1. The highest BCUT2D eigenvalue weighted by Crippen LogP contribution is 2.31. The molecule has 0 aliphatic carbocycles. The Morgan fingerprint density at radius 2 is 2.20 bits per heavy atom. The second-order valence-corrected chi connectivity index (χ2v) is 6.69. The summed E-state index contributed by atoms with van der Waals surface area (Å²) >= 11 is 3.54. The van der Waals surface area contributed by atoms with Gasteiger partial charge < -0.3 is 20.4 Å². The predicted octanol–water partition coefficient (Wildman–Crippen LogP) is 1.97. The molecule has 5 heteroatoms. The molecule has 2 aliphatic rings. The van der Waals surface area contributed by atoms with Gasteiger partial charge in [-0.25, -0.2) is 0 Å². The van der Waals surface area contributed by atoms with E-state index in [1.165, 1.54) is 30.9 Å². The molecule has 0 amide bonds. The summed E-state index contributed by atoms with van der Waals surface area (Å²) in [6, 6.07) is 7.15. The van der Waals surface area contributed by atoms with Crippen LogP contribution in [0.25, 0.3) is 0 Å². The van der Waals surface area contributed by atoms with Gasteiger partial charge in [-0.1, -0.05) is 15.9 Å². The molecule has 110 valence electrons. The third-order valence-electron chi connectivity index (χ3n) is 4.20. The minimum Gasteiger partial charge on any atom is -0.382 e. The van der Waals surface area contributed by atoms with E-state index >= 15 is 0 Å². The third kappa shape index (κ3) is 3.27. The van der Waals surface area contributed by atoms with Gasteiger partial charge in [0.25, 0.3) is 0 Å². The van der Waals surface area contributed by atoms with E-state index in [9.17, 15) is 0 Å². The summed E-state index contributed by atoms with van der Waals surface area (Å²) in [4.78, 5) is 4.93. The number of hydrogen-bond donors (Lipinski definition) is 2. The van der Waals surface area contributed by atoms with Gasteiger partial charge in [0, 0.05) is 49.8 Å². The van der Waals surface area contributed by atoms with Crippen LogP contribution in [0.15, 0.2) is 22.7 Å². The Morgan fingerprint density at radius 1 is 1.30 bits per heavy atom. The van der Waals surface area contributed by atoms with Crippen LogP contribution in [0.5, 0.6) is 0 Å². The maximum absolute atomic E-state index is 3.63. The Kier molecular flexibility index (Phi) is 4.48. The number of piperazine rings is 1. The zero-order valence-electron chi connectivity index (χ0n) is 12.0. The zero-order valence-corrected chi connectivity index (χ0v) is 13.6. The van der Waals surface area contributed by atoms with Gasteiger partial charge >= 0.3 is 0 Å². The van der Waals surface area contributed by atoms with Crippen LogP contribution in [-0.2, 0) is 0 Å². The third-order valence-corrected chi connectivity index (χ3v) is 4.70. The molecule has 20 heavy (non-hydrogen) atoms. The average molecular weight is 339 g/mol. The Bertz CT molecular complexity index is 465. The molecule has 2 N–H and O–H groups in total. The number of nitrogens with one attached hydrogen (secondary N) is 2. The molecule has 2 aliphatic heterocycles. The van der Waals surface area contributed by atoms with Crippen molar-refractivity contribution in [3.05, 3.63) is 22.7 Å². The molecule has 0 saturated carbocycles. The van der Waals surface area contributed by atoms with Crippen molar-refractivity contribution < 1.29 is 0 Å². The van der Waals surface area contributed by atoms with Gasteiger partial charge in [-0.3, -0.25) is 0 Å². The number of halogens is 1. The fourth-order valence-electron chi connectivity index (χ4n) is 3.10. The van der Waals surface area contributed by atoms with E-state index in [0.717, 1.165) is 30.7 Å². The topological polar surface area (TPSA) is 30.5 Å². The summed E-state index contributed by atoms with van der Waals surface area (Å²) in [5.74, 6) is 0. The maximum Gasteiger partial charge on any atom is 0.0603 e. The zero-order chi connectivity index (χ0) is 13.9. The van der Waals surface area contributed by atoms with E-state index in [4.69, 9.17) is 0 Å². The molecule has 1 saturated heterocycles. The van der Waals surface area contributed by atoms with Crippen molar-refractivity contribution in [1.29, 1.82) is 0 Å². The average Bonchev–Trinajstić information content (AvgIpc) is 2.44. The van der Waals surface area contributed by atoms with Crippen molar-refractivity contribution in [3.8, 4) is 0 Å². The number of rotatable bonds is 3. The Balaban J connectivity index is 1.61. The van der Waals surface area contributed by atoms with Crippen LogP contribution < -0.4 is 15.5 Å². The lowest BCUT2D eigenvalue weighted by atomic mass is 10.1. The smallest absolute Gasteiger partial charge is 0.0603 e. The molecule has 0 bridgehead atoms. The van der Waals surface area contributed by atoms with Crippen molar-refractivity contribution in [2.24, 2.45) is 0 Å². The molecule has 4 nitrogen and oxygen atoms in total. The Labute approximate surface area is 129 Å². The first kappa shape index (κ1) is 14.2. The van der Waals surface area contributed by atoms with Crippen molar-refractivity contribution in [2.75, 3.05) is 56.5 Å². The summed E-state index contributed by atoms with van der Waals surface area (Å²) in [6.07, 6.45) is 1.21.